The first kappa shape index (κ1) is 24.5. The average Bonchev–Trinajstić information content (AvgIpc) is 3.49. The van der Waals surface area contributed by atoms with Gasteiger partial charge in [-0.05, 0) is 55.2 Å². The maximum atomic E-state index is 13.7. The van der Waals surface area contributed by atoms with Gasteiger partial charge in [-0.1, -0.05) is 72.8 Å². The number of hydrogen-bond acceptors (Lipinski definition) is 5. The van der Waals surface area contributed by atoms with Crippen LogP contribution in [0, 0.1) is 13.8 Å². The molecule has 0 aliphatic carbocycles. The summed E-state index contributed by atoms with van der Waals surface area (Å²) in [5.41, 5.74) is 3.90. The second kappa shape index (κ2) is 10.1. The third kappa shape index (κ3) is 4.56. The van der Waals surface area contributed by atoms with Crippen molar-refractivity contribution in [3.05, 3.63) is 119 Å². The van der Waals surface area contributed by atoms with Gasteiger partial charge in [0.15, 0.2) is 0 Å². The van der Waals surface area contributed by atoms with E-state index in [2.05, 4.69) is 10.6 Å². The van der Waals surface area contributed by atoms with E-state index >= 15 is 0 Å². The largest absolute Gasteiger partial charge is 0.466 e. The maximum absolute atomic E-state index is 13.7. The van der Waals surface area contributed by atoms with Crippen molar-refractivity contribution in [1.82, 2.24) is 0 Å². The van der Waals surface area contributed by atoms with Crippen LogP contribution in [0.25, 0.3) is 0 Å². The van der Waals surface area contributed by atoms with Crippen LogP contribution in [-0.2, 0) is 25.5 Å². The predicted octanol–water partition coefficient (Wildman–Crippen LogP) is 5.14. The van der Waals surface area contributed by atoms with E-state index in [1.54, 1.807) is 0 Å². The molecule has 0 aromatic heterocycles. The highest BCUT2D eigenvalue weighted by atomic mass is 16.5. The molecule has 6 nitrogen and oxygen atoms in total. The normalized spacial score (nSPS) is 20.6. The van der Waals surface area contributed by atoms with Gasteiger partial charge in [0.2, 0.25) is 0 Å². The van der Waals surface area contributed by atoms with E-state index in [1.165, 1.54) is 7.11 Å². The summed E-state index contributed by atoms with van der Waals surface area (Å²) in [5.74, 6) is -0.946. The van der Waals surface area contributed by atoms with Crippen LogP contribution in [-0.4, -0.2) is 36.7 Å². The smallest absolute Gasteiger partial charge is 0.337 e. The Morgan fingerprint density at radius 3 is 2.24 bits per heavy atom. The first-order valence-electron chi connectivity index (χ1n) is 12.4. The summed E-state index contributed by atoms with van der Waals surface area (Å²) in [6.45, 7) is 3.88. The van der Waals surface area contributed by atoms with Crippen LogP contribution in [0.5, 0.6) is 0 Å². The summed E-state index contributed by atoms with van der Waals surface area (Å²) in [5, 5.41) is 6.61. The number of ether oxygens (including phenoxy) is 2. The third-order valence-corrected chi connectivity index (χ3v) is 7.05. The molecule has 2 N–H and O–H groups in total. The Morgan fingerprint density at radius 1 is 0.946 bits per heavy atom. The molecular weight excluding hydrogens is 464 g/mol. The minimum atomic E-state index is -1.18. The Morgan fingerprint density at radius 2 is 1.59 bits per heavy atom. The highest BCUT2D eigenvalue weighted by molar-refractivity contribution is 6.12. The number of benzene rings is 3. The zero-order valence-electron chi connectivity index (χ0n) is 21.2. The Bertz CT molecular complexity index is 1320. The van der Waals surface area contributed by atoms with Gasteiger partial charge < -0.3 is 20.1 Å². The van der Waals surface area contributed by atoms with E-state index in [9.17, 15) is 9.59 Å². The van der Waals surface area contributed by atoms with Gasteiger partial charge in [0.1, 0.15) is 11.7 Å². The molecule has 1 amide bonds. The predicted molar refractivity (Wildman–Crippen MR) is 144 cm³/mol. The Kier molecular flexibility index (Phi) is 6.68. The minimum absolute atomic E-state index is 0.232. The van der Waals surface area contributed by atoms with Crippen molar-refractivity contribution in [3.63, 3.8) is 0 Å². The van der Waals surface area contributed by atoms with E-state index < -0.39 is 23.7 Å². The van der Waals surface area contributed by atoms with Gasteiger partial charge in [-0.25, -0.2) is 4.79 Å². The molecule has 3 atom stereocenters. The van der Waals surface area contributed by atoms with Crippen LogP contribution in [0.1, 0.15) is 16.7 Å². The molecule has 6 heteroatoms. The molecule has 3 aromatic carbocycles. The summed E-state index contributed by atoms with van der Waals surface area (Å²) in [4.78, 5) is 27.0. The molecule has 0 saturated heterocycles. The maximum Gasteiger partial charge on any atom is 0.337 e. The highest BCUT2D eigenvalue weighted by Crippen LogP contribution is 2.47. The molecule has 0 fully saturated rings. The molecule has 0 saturated carbocycles. The Labute approximate surface area is 217 Å². The van der Waals surface area contributed by atoms with Gasteiger partial charge >= 0.3 is 5.97 Å². The average molecular weight is 495 g/mol. The molecule has 188 valence electrons. The van der Waals surface area contributed by atoms with Crippen molar-refractivity contribution in [2.24, 2.45) is 0 Å². The number of esters is 1. The second-order valence-corrected chi connectivity index (χ2v) is 9.44. The number of carbonyl (C=O) groups is 2. The van der Waals surface area contributed by atoms with E-state index in [1.807, 2.05) is 105 Å². The zero-order chi connectivity index (χ0) is 26.0. The second-order valence-electron chi connectivity index (χ2n) is 9.44. The number of nitrogens with one attached hydrogen (secondary N) is 2. The van der Waals surface area contributed by atoms with Gasteiger partial charge in [-0.15, -0.1) is 0 Å². The number of aryl methyl sites for hydroxylation is 2. The Hall–Kier alpha value is -4.16. The van der Waals surface area contributed by atoms with Gasteiger partial charge in [0, 0.05) is 11.4 Å². The lowest BCUT2D eigenvalue weighted by Crippen LogP contribution is -2.49. The molecule has 0 spiro atoms. The molecule has 3 unspecified atom stereocenters. The number of amides is 1. The number of methoxy groups -OCH3 is 1. The quantitative estimate of drug-likeness (QED) is 0.335. The van der Waals surface area contributed by atoms with E-state index in [0.717, 1.165) is 28.1 Å². The van der Waals surface area contributed by atoms with Crippen molar-refractivity contribution in [3.8, 4) is 0 Å². The number of fused-ring (bicyclic) bond motifs is 2. The van der Waals surface area contributed by atoms with E-state index in [0.29, 0.717) is 6.42 Å². The van der Waals surface area contributed by atoms with E-state index in [4.69, 9.17) is 9.47 Å². The number of para-hydroxylation sites is 2. The molecular formula is C31H30N2O4. The van der Waals surface area contributed by atoms with Crippen molar-refractivity contribution in [1.29, 1.82) is 0 Å². The SMILES string of the molecule is COC(=O)C1=C(C(=O)Nc2c(C)cccc2C)C2C=CC1(C(Cc1ccccc1)Nc1ccccc1)O2. The monoisotopic (exact) mass is 494 g/mol. The first-order valence-corrected chi connectivity index (χ1v) is 12.4. The highest BCUT2D eigenvalue weighted by Gasteiger charge is 2.58. The summed E-state index contributed by atoms with van der Waals surface area (Å²) >= 11 is 0. The fraction of sp³-hybridized carbons (Fsp3) is 0.226. The molecule has 0 radical (unpaired) electrons. The Balaban J connectivity index is 1.59. The molecule has 3 aromatic rings. The number of carbonyl (C=O) groups excluding carboxylic acids is 2. The first-order chi connectivity index (χ1) is 17.9. The molecule has 37 heavy (non-hydrogen) atoms. The minimum Gasteiger partial charge on any atom is -0.466 e. The third-order valence-electron chi connectivity index (χ3n) is 7.05. The van der Waals surface area contributed by atoms with Crippen LogP contribution < -0.4 is 10.6 Å². The van der Waals surface area contributed by atoms with Crippen LogP contribution in [0.15, 0.2) is 102 Å². The number of anilines is 2. The lowest BCUT2D eigenvalue weighted by molar-refractivity contribution is -0.138. The van der Waals surface area contributed by atoms with Gasteiger partial charge in [0.05, 0.1) is 24.3 Å². The lowest BCUT2D eigenvalue weighted by atomic mass is 9.78. The topological polar surface area (TPSA) is 76.7 Å². The summed E-state index contributed by atoms with van der Waals surface area (Å²) in [6.07, 6.45) is 3.65. The molecule has 2 heterocycles. The molecule has 5 rings (SSSR count). The summed E-state index contributed by atoms with van der Waals surface area (Å²) < 4.78 is 11.7. The van der Waals surface area contributed by atoms with Crippen LogP contribution in [0.2, 0.25) is 0 Å². The van der Waals surface area contributed by atoms with Crippen molar-refractivity contribution in [2.45, 2.75) is 38.0 Å². The van der Waals surface area contributed by atoms with Crippen LogP contribution in [0.4, 0.5) is 11.4 Å². The molecule has 2 bridgehead atoms. The fourth-order valence-electron chi connectivity index (χ4n) is 5.24. The number of rotatable bonds is 8. The summed E-state index contributed by atoms with van der Waals surface area (Å²) in [6, 6.07) is 25.2. The van der Waals surface area contributed by atoms with Gasteiger partial charge in [0.25, 0.3) is 5.91 Å². The fourth-order valence-corrected chi connectivity index (χ4v) is 5.24. The summed E-state index contributed by atoms with van der Waals surface area (Å²) in [7, 11) is 1.33. The van der Waals surface area contributed by atoms with Crippen molar-refractivity contribution >= 4 is 23.3 Å². The number of hydrogen-bond donors (Lipinski definition) is 2. The van der Waals surface area contributed by atoms with Crippen LogP contribution in [0.3, 0.4) is 0 Å². The zero-order valence-corrected chi connectivity index (χ0v) is 21.2. The van der Waals surface area contributed by atoms with Gasteiger partial charge in [-0.3, -0.25) is 4.79 Å². The van der Waals surface area contributed by atoms with E-state index in [-0.39, 0.29) is 17.1 Å². The van der Waals surface area contributed by atoms with Gasteiger partial charge in [-0.2, -0.15) is 0 Å². The standard InChI is InChI=1S/C31H30N2O4/c1-20-11-10-12-21(2)28(20)33-29(34)26-24-17-18-31(37-24,27(26)30(35)36-3)25(19-22-13-6-4-7-14-22)32-23-15-8-5-9-16-23/h4-18,24-25,32H,19H2,1-3H3,(H,33,34). The lowest BCUT2D eigenvalue weighted by Gasteiger charge is -2.36. The van der Waals surface area contributed by atoms with Crippen molar-refractivity contribution in [2.75, 3.05) is 17.7 Å². The van der Waals surface area contributed by atoms with Crippen molar-refractivity contribution < 1.29 is 19.1 Å². The molecule has 2 aliphatic heterocycles. The van der Waals surface area contributed by atoms with Crippen LogP contribution >= 0.6 is 0 Å². The molecule has 2 aliphatic rings.